The van der Waals surface area contributed by atoms with Gasteiger partial charge in [-0.3, -0.25) is 4.90 Å². The van der Waals surface area contributed by atoms with Crippen LogP contribution in [0.1, 0.15) is 24.9 Å². The van der Waals surface area contributed by atoms with Crippen molar-refractivity contribution < 1.29 is 9.13 Å². The lowest BCUT2D eigenvalue weighted by molar-refractivity contribution is 0.0100. The van der Waals surface area contributed by atoms with Crippen LogP contribution in [0, 0.1) is 5.82 Å². The third kappa shape index (κ3) is 3.07. The molecule has 0 spiro atoms. The zero-order valence-corrected chi connectivity index (χ0v) is 10.8. The molecule has 1 aromatic carbocycles. The number of nitrogens with zero attached hydrogens (tertiary/aromatic N) is 1. The first-order valence-electron chi connectivity index (χ1n) is 6.55. The summed E-state index contributed by atoms with van der Waals surface area (Å²) in [5, 5.41) is 0. The third-order valence-electron chi connectivity index (χ3n) is 3.51. The van der Waals surface area contributed by atoms with E-state index in [4.69, 9.17) is 10.5 Å². The first-order chi connectivity index (χ1) is 8.72. The second-order valence-electron chi connectivity index (χ2n) is 4.72. The van der Waals surface area contributed by atoms with E-state index in [2.05, 4.69) is 11.8 Å². The molecule has 1 aromatic rings. The van der Waals surface area contributed by atoms with Gasteiger partial charge in [0.1, 0.15) is 5.82 Å². The Labute approximate surface area is 108 Å². The van der Waals surface area contributed by atoms with Gasteiger partial charge < -0.3 is 10.5 Å². The van der Waals surface area contributed by atoms with Crippen LogP contribution in [0.2, 0.25) is 0 Å². The summed E-state index contributed by atoms with van der Waals surface area (Å²) in [7, 11) is 0. The number of hydrogen-bond donors (Lipinski definition) is 1. The largest absolute Gasteiger partial charge is 0.379 e. The summed E-state index contributed by atoms with van der Waals surface area (Å²) < 4.78 is 18.7. The first-order valence-corrected chi connectivity index (χ1v) is 6.55. The van der Waals surface area contributed by atoms with Crippen LogP contribution < -0.4 is 5.73 Å². The molecule has 1 aliphatic rings. The molecule has 3 nitrogen and oxygen atoms in total. The van der Waals surface area contributed by atoms with Crippen LogP contribution in [0.25, 0.3) is 0 Å². The second kappa shape index (κ2) is 6.27. The van der Waals surface area contributed by atoms with Crippen molar-refractivity contribution in [1.29, 1.82) is 0 Å². The molecule has 100 valence electrons. The van der Waals surface area contributed by atoms with Crippen molar-refractivity contribution in [3.63, 3.8) is 0 Å². The van der Waals surface area contributed by atoms with Crippen molar-refractivity contribution in [1.82, 2.24) is 4.90 Å². The number of ether oxygens (including phenoxy) is 1. The zero-order chi connectivity index (χ0) is 13.0. The highest BCUT2D eigenvalue weighted by atomic mass is 19.1. The lowest BCUT2D eigenvalue weighted by Crippen LogP contribution is -2.46. The van der Waals surface area contributed by atoms with Crippen molar-refractivity contribution in [2.75, 3.05) is 26.3 Å². The first kappa shape index (κ1) is 13.5. The van der Waals surface area contributed by atoms with E-state index in [1.165, 1.54) is 6.07 Å². The molecule has 0 aliphatic carbocycles. The van der Waals surface area contributed by atoms with Crippen molar-refractivity contribution in [3.8, 4) is 0 Å². The Kier molecular flexibility index (Phi) is 4.69. The van der Waals surface area contributed by atoms with Gasteiger partial charge in [-0.2, -0.15) is 0 Å². The molecule has 1 heterocycles. The minimum atomic E-state index is -0.200. The molecule has 0 aromatic heterocycles. The predicted molar refractivity (Wildman–Crippen MR) is 69.8 cm³/mol. The average molecular weight is 252 g/mol. The highest BCUT2D eigenvalue weighted by Gasteiger charge is 2.27. The standard InChI is InChI=1S/C14H21FN2O/c1-2-13(16)14(17-6-8-18-9-7-17)11-4-3-5-12(15)10-11/h3-5,10,13-14H,2,6-9,16H2,1H3. The number of benzene rings is 1. The van der Waals surface area contributed by atoms with Gasteiger partial charge in [-0.1, -0.05) is 19.1 Å². The summed E-state index contributed by atoms with van der Waals surface area (Å²) in [5.41, 5.74) is 7.19. The molecule has 4 heteroatoms. The summed E-state index contributed by atoms with van der Waals surface area (Å²) in [5.74, 6) is -0.200. The van der Waals surface area contributed by atoms with Crippen LogP contribution in [-0.4, -0.2) is 37.2 Å². The molecule has 1 fully saturated rings. The number of halogens is 1. The van der Waals surface area contributed by atoms with Gasteiger partial charge in [-0.05, 0) is 24.1 Å². The molecule has 0 amide bonds. The molecule has 2 atom stereocenters. The average Bonchev–Trinajstić information content (AvgIpc) is 2.40. The SMILES string of the molecule is CCC(N)C(c1cccc(F)c1)N1CCOCC1. The highest BCUT2D eigenvalue weighted by molar-refractivity contribution is 5.22. The number of nitrogens with two attached hydrogens (primary N) is 1. The van der Waals surface area contributed by atoms with Crippen LogP contribution in [0.3, 0.4) is 0 Å². The van der Waals surface area contributed by atoms with Crippen LogP contribution >= 0.6 is 0 Å². The molecule has 0 bridgehead atoms. The maximum absolute atomic E-state index is 13.4. The fourth-order valence-electron chi connectivity index (χ4n) is 2.50. The number of hydrogen-bond acceptors (Lipinski definition) is 3. The summed E-state index contributed by atoms with van der Waals surface area (Å²) in [6.45, 7) is 5.23. The fourth-order valence-corrected chi connectivity index (χ4v) is 2.50. The van der Waals surface area contributed by atoms with Gasteiger partial charge in [0.25, 0.3) is 0 Å². The maximum Gasteiger partial charge on any atom is 0.123 e. The third-order valence-corrected chi connectivity index (χ3v) is 3.51. The second-order valence-corrected chi connectivity index (χ2v) is 4.72. The van der Waals surface area contributed by atoms with Crippen molar-refractivity contribution in [2.45, 2.75) is 25.4 Å². The highest BCUT2D eigenvalue weighted by Crippen LogP contribution is 2.26. The Bertz CT molecular complexity index is 380. The predicted octanol–water partition coefficient (Wildman–Crippen LogP) is 1.94. The summed E-state index contributed by atoms with van der Waals surface area (Å²) in [4.78, 5) is 2.30. The van der Waals surface area contributed by atoms with E-state index in [1.807, 2.05) is 6.07 Å². The van der Waals surface area contributed by atoms with Gasteiger partial charge in [0.2, 0.25) is 0 Å². The molecule has 1 saturated heterocycles. The van der Waals surface area contributed by atoms with E-state index >= 15 is 0 Å². The van der Waals surface area contributed by atoms with Crippen molar-refractivity contribution >= 4 is 0 Å². The van der Waals surface area contributed by atoms with E-state index in [9.17, 15) is 4.39 Å². The quantitative estimate of drug-likeness (QED) is 0.890. The Morgan fingerprint density at radius 1 is 1.39 bits per heavy atom. The van der Waals surface area contributed by atoms with Gasteiger partial charge in [0.15, 0.2) is 0 Å². The van der Waals surface area contributed by atoms with E-state index < -0.39 is 0 Å². The minimum absolute atomic E-state index is 0.0184. The Balaban J connectivity index is 2.23. The van der Waals surface area contributed by atoms with E-state index in [1.54, 1.807) is 12.1 Å². The molecule has 2 unspecified atom stereocenters. The Morgan fingerprint density at radius 3 is 2.72 bits per heavy atom. The van der Waals surface area contributed by atoms with E-state index in [0.717, 1.165) is 38.3 Å². The lowest BCUT2D eigenvalue weighted by Gasteiger charge is -2.37. The zero-order valence-electron chi connectivity index (χ0n) is 10.8. The normalized spacial score (nSPS) is 20.6. The Hall–Kier alpha value is -0.970. The fraction of sp³-hybridized carbons (Fsp3) is 0.571. The number of morpholine rings is 1. The van der Waals surface area contributed by atoms with Crippen LogP contribution in [0.5, 0.6) is 0 Å². The van der Waals surface area contributed by atoms with Gasteiger partial charge >= 0.3 is 0 Å². The maximum atomic E-state index is 13.4. The van der Waals surface area contributed by atoms with Crippen molar-refractivity contribution in [3.05, 3.63) is 35.6 Å². The van der Waals surface area contributed by atoms with E-state index in [0.29, 0.717) is 0 Å². The molecule has 2 N–H and O–H groups in total. The van der Waals surface area contributed by atoms with Crippen LogP contribution in [0.4, 0.5) is 4.39 Å². The van der Waals surface area contributed by atoms with E-state index in [-0.39, 0.29) is 17.9 Å². The minimum Gasteiger partial charge on any atom is -0.379 e. The number of rotatable bonds is 4. The molecule has 1 aliphatic heterocycles. The van der Waals surface area contributed by atoms with Crippen molar-refractivity contribution in [2.24, 2.45) is 5.73 Å². The van der Waals surface area contributed by atoms with Crippen LogP contribution in [-0.2, 0) is 4.74 Å². The van der Waals surface area contributed by atoms with Gasteiger partial charge in [0.05, 0.1) is 19.3 Å². The van der Waals surface area contributed by atoms with Gasteiger partial charge in [0, 0.05) is 19.1 Å². The molecule has 2 rings (SSSR count). The molecule has 18 heavy (non-hydrogen) atoms. The Morgan fingerprint density at radius 2 is 2.11 bits per heavy atom. The summed E-state index contributed by atoms with van der Waals surface area (Å²) in [6.07, 6.45) is 0.874. The smallest absolute Gasteiger partial charge is 0.123 e. The molecule has 0 radical (unpaired) electrons. The lowest BCUT2D eigenvalue weighted by atomic mass is 9.96. The summed E-state index contributed by atoms with van der Waals surface area (Å²) >= 11 is 0. The summed E-state index contributed by atoms with van der Waals surface area (Å²) in [6, 6.07) is 6.87. The molecular formula is C14H21FN2O. The topological polar surface area (TPSA) is 38.5 Å². The van der Waals surface area contributed by atoms with Gasteiger partial charge in [-0.25, -0.2) is 4.39 Å². The van der Waals surface area contributed by atoms with Crippen LogP contribution in [0.15, 0.2) is 24.3 Å². The molecule has 0 saturated carbocycles. The molecular weight excluding hydrogens is 231 g/mol. The monoisotopic (exact) mass is 252 g/mol. The van der Waals surface area contributed by atoms with Gasteiger partial charge in [-0.15, -0.1) is 0 Å².